The van der Waals surface area contributed by atoms with Gasteiger partial charge in [0.05, 0.1) is 6.54 Å². The van der Waals surface area contributed by atoms with E-state index >= 15 is 0 Å². The fourth-order valence-electron chi connectivity index (χ4n) is 2.33. The van der Waals surface area contributed by atoms with E-state index in [-0.39, 0.29) is 12.8 Å². The van der Waals surface area contributed by atoms with Crippen molar-refractivity contribution < 1.29 is 19.0 Å². The van der Waals surface area contributed by atoms with E-state index in [1.165, 1.54) is 0 Å². The summed E-state index contributed by atoms with van der Waals surface area (Å²) in [7, 11) is 0. The van der Waals surface area contributed by atoms with Crippen LogP contribution in [0.4, 0.5) is 4.79 Å². The van der Waals surface area contributed by atoms with Gasteiger partial charge in [0.2, 0.25) is 6.79 Å². The number of ether oxygens (including phenoxy) is 3. The maximum Gasteiger partial charge on any atom is 0.314 e. The molecule has 132 valence electrons. The first-order valence-corrected chi connectivity index (χ1v) is 8.37. The lowest BCUT2D eigenvalue weighted by Gasteiger charge is -2.09. The summed E-state index contributed by atoms with van der Waals surface area (Å²) in [4.78, 5) is 11.7. The van der Waals surface area contributed by atoms with Crippen LogP contribution in [0.1, 0.15) is 5.56 Å². The molecule has 0 fully saturated rings. The third-order valence-corrected chi connectivity index (χ3v) is 3.86. The van der Waals surface area contributed by atoms with Gasteiger partial charge in [-0.2, -0.15) is 0 Å². The molecule has 0 aliphatic carbocycles. The summed E-state index contributed by atoms with van der Waals surface area (Å²) in [5.41, 5.74) is 1.12. The summed E-state index contributed by atoms with van der Waals surface area (Å²) in [5.74, 6) is 2.06. The SMILES string of the molecule is O=C(NCCOc1ccc2c(c1)OCO2)NCCc1ccc(Cl)cc1. The van der Waals surface area contributed by atoms with Crippen molar-refractivity contribution in [2.45, 2.75) is 6.42 Å². The molecule has 1 aliphatic rings. The van der Waals surface area contributed by atoms with Gasteiger partial charge in [-0.25, -0.2) is 4.79 Å². The smallest absolute Gasteiger partial charge is 0.314 e. The molecule has 6 nitrogen and oxygen atoms in total. The Bertz CT molecular complexity index is 722. The van der Waals surface area contributed by atoms with Gasteiger partial charge in [-0.1, -0.05) is 23.7 Å². The minimum absolute atomic E-state index is 0.219. The number of carbonyl (C=O) groups is 1. The van der Waals surface area contributed by atoms with Crippen LogP contribution in [0, 0.1) is 0 Å². The van der Waals surface area contributed by atoms with E-state index < -0.39 is 0 Å². The molecule has 0 atom stereocenters. The molecular formula is C18H19ClN2O4. The number of amides is 2. The van der Waals surface area contributed by atoms with Crippen LogP contribution in [0.2, 0.25) is 5.02 Å². The minimum atomic E-state index is -0.219. The van der Waals surface area contributed by atoms with E-state index in [9.17, 15) is 4.79 Å². The minimum Gasteiger partial charge on any atom is -0.492 e. The highest BCUT2D eigenvalue weighted by molar-refractivity contribution is 6.30. The lowest BCUT2D eigenvalue weighted by molar-refractivity contribution is 0.173. The first-order valence-electron chi connectivity index (χ1n) is 7.99. The van der Waals surface area contributed by atoms with Crippen molar-refractivity contribution in [3.05, 3.63) is 53.1 Å². The Morgan fingerprint density at radius 2 is 1.80 bits per heavy atom. The second kappa shape index (κ2) is 8.48. The summed E-state index contributed by atoms with van der Waals surface area (Å²) in [5, 5.41) is 6.26. The maximum absolute atomic E-state index is 11.7. The summed E-state index contributed by atoms with van der Waals surface area (Å²) in [6.45, 7) is 1.55. The van der Waals surface area contributed by atoms with E-state index in [0.29, 0.717) is 42.0 Å². The molecule has 0 spiro atoms. The van der Waals surface area contributed by atoms with Crippen molar-refractivity contribution >= 4 is 17.6 Å². The Kier molecular flexibility index (Phi) is 5.85. The number of halogens is 1. The van der Waals surface area contributed by atoms with Gasteiger partial charge in [0.1, 0.15) is 12.4 Å². The van der Waals surface area contributed by atoms with E-state index in [0.717, 1.165) is 12.0 Å². The molecule has 1 aliphatic heterocycles. The molecule has 2 aromatic carbocycles. The summed E-state index contributed by atoms with van der Waals surface area (Å²) < 4.78 is 16.1. The lowest BCUT2D eigenvalue weighted by Crippen LogP contribution is -2.38. The van der Waals surface area contributed by atoms with Gasteiger partial charge in [0.15, 0.2) is 11.5 Å². The third-order valence-electron chi connectivity index (χ3n) is 3.61. The van der Waals surface area contributed by atoms with Gasteiger partial charge < -0.3 is 24.8 Å². The van der Waals surface area contributed by atoms with E-state index in [1.807, 2.05) is 24.3 Å². The van der Waals surface area contributed by atoms with Crippen LogP contribution >= 0.6 is 11.6 Å². The highest BCUT2D eigenvalue weighted by atomic mass is 35.5. The molecule has 0 radical (unpaired) electrons. The highest BCUT2D eigenvalue weighted by Crippen LogP contribution is 2.34. The zero-order valence-electron chi connectivity index (χ0n) is 13.6. The zero-order valence-corrected chi connectivity index (χ0v) is 14.3. The van der Waals surface area contributed by atoms with Crippen molar-refractivity contribution in [2.24, 2.45) is 0 Å². The van der Waals surface area contributed by atoms with Gasteiger partial charge >= 0.3 is 6.03 Å². The molecule has 0 aromatic heterocycles. The number of rotatable bonds is 7. The van der Waals surface area contributed by atoms with Gasteiger partial charge in [-0.05, 0) is 36.2 Å². The number of fused-ring (bicyclic) bond motifs is 1. The molecule has 0 bridgehead atoms. The van der Waals surface area contributed by atoms with E-state index in [2.05, 4.69) is 10.6 Å². The van der Waals surface area contributed by atoms with Crippen molar-refractivity contribution in [1.29, 1.82) is 0 Å². The van der Waals surface area contributed by atoms with Crippen LogP contribution in [0.5, 0.6) is 17.2 Å². The van der Waals surface area contributed by atoms with Crippen LogP contribution in [0.25, 0.3) is 0 Å². The van der Waals surface area contributed by atoms with Gasteiger partial charge in [0.25, 0.3) is 0 Å². The predicted molar refractivity (Wildman–Crippen MR) is 94.6 cm³/mol. The van der Waals surface area contributed by atoms with Crippen molar-refractivity contribution in [3.8, 4) is 17.2 Å². The number of urea groups is 1. The first-order chi connectivity index (χ1) is 12.2. The molecule has 2 amide bonds. The lowest BCUT2D eigenvalue weighted by atomic mass is 10.1. The Hall–Kier alpha value is -2.60. The number of hydrogen-bond acceptors (Lipinski definition) is 4. The molecule has 2 aromatic rings. The Morgan fingerprint density at radius 3 is 2.64 bits per heavy atom. The fourth-order valence-corrected chi connectivity index (χ4v) is 2.46. The van der Waals surface area contributed by atoms with Gasteiger partial charge in [-0.3, -0.25) is 0 Å². The third kappa shape index (κ3) is 5.19. The highest BCUT2D eigenvalue weighted by Gasteiger charge is 2.13. The summed E-state index contributed by atoms with van der Waals surface area (Å²) in [6.07, 6.45) is 0.748. The van der Waals surface area contributed by atoms with E-state index in [4.69, 9.17) is 25.8 Å². The van der Waals surface area contributed by atoms with Crippen LogP contribution < -0.4 is 24.8 Å². The summed E-state index contributed by atoms with van der Waals surface area (Å²) in [6, 6.07) is 12.7. The molecule has 2 N–H and O–H groups in total. The van der Waals surface area contributed by atoms with Crippen LogP contribution in [-0.2, 0) is 6.42 Å². The normalized spacial score (nSPS) is 11.9. The van der Waals surface area contributed by atoms with Gasteiger partial charge in [0, 0.05) is 17.6 Å². The van der Waals surface area contributed by atoms with Gasteiger partial charge in [-0.15, -0.1) is 0 Å². The van der Waals surface area contributed by atoms with Crippen molar-refractivity contribution in [2.75, 3.05) is 26.5 Å². The zero-order chi connectivity index (χ0) is 17.5. The average molecular weight is 363 g/mol. The molecule has 0 saturated carbocycles. The Balaban J connectivity index is 1.29. The predicted octanol–water partition coefficient (Wildman–Crippen LogP) is 2.99. The average Bonchev–Trinajstić information content (AvgIpc) is 3.08. The maximum atomic E-state index is 11.7. The molecule has 0 saturated heterocycles. The molecule has 0 unspecified atom stereocenters. The van der Waals surface area contributed by atoms with Crippen LogP contribution in [-0.4, -0.2) is 32.5 Å². The summed E-state index contributed by atoms with van der Waals surface area (Å²) >= 11 is 5.83. The molecular weight excluding hydrogens is 344 g/mol. The number of carbonyl (C=O) groups excluding carboxylic acids is 1. The Labute approximate surface area is 151 Å². The molecule has 7 heteroatoms. The molecule has 3 rings (SSSR count). The second-order valence-corrected chi connectivity index (χ2v) is 5.86. The van der Waals surface area contributed by atoms with Crippen LogP contribution in [0.15, 0.2) is 42.5 Å². The fraction of sp³-hybridized carbons (Fsp3) is 0.278. The molecule has 1 heterocycles. The number of hydrogen-bond donors (Lipinski definition) is 2. The first kappa shape index (κ1) is 17.2. The molecule has 25 heavy (non-hydrogen) atoms. The largest absolute Gasteiger partial charge is 0.492 e. The van der Waals surface area contributed by atoms with Crippen molar-refractivity contribution in [3.63, 3.8) is 0 Å². The van der Waals surface area contributed by atoms with Crippen LogP contribution in [0.3, 0.4) is 0 Å². The van der Waals surface area contributed by atoms with E-state index in [1.54, 1.807) is 18.2 Å². The standard InChI is InChI=1S/C18H19ClN2O4/c19-14-3-1-13(2-4-14)7-8-20-18(22)21-9-10-23-15-5-6-16-17(11-15)25-12-24-16/h1-6,11H,7-10,12H2,(H2,20,21,22). The topological polar surface area (TPSA) is 68.8 Å². The number of nitrogens with one attached hydrogen (secondary N) is 2. The number of benzene rings is 2. The van der Waals surface area contributed by atoms with Crippen molar-refractivity contribution in [1.82, 2.24) is 10.6 Å². The monoisotopic (exact) mass is 362 g/mol. The second-order valence-electron chi connectivity index (χ2n) is 5.42. The quantitative estimate of drug-likeness (QED) is 0.743. The Morgan fingerprint density at radius 1 is 1.04 bits per heavy atom.